The molecule has 4 saturated carbocycles. The first kappa shape index (κ1) is 26.2. The fraction of sp³-hybridized carbons (Fsp3) is 0.828. The number of carbonyl (C=O) groups is 3. The van der Waals surface area contributed by atoms with Crippen LogP contribution in [0, 0.1) is 45.3 Å². The lowest BCUT2D eigenvalue weighted by Gasteiger charge is -2.61. The Balaban J connectivity index is 1.63. The molecule has 2 N–H and O–H groups in total. The first-order valence-corrected chi connectivity index (χ1v) is 13.6. The van der Waals surface area contributed by atoms with Crippen molar-refractivity contribution in [3.05, 3.63) is 12.2 Å². The number of esters is 1. The molecule has 35 heavy (non-hydrogen) atoms. The average molecular weight is 489 g/mol. The predicted octanol–water partition coefficient (Wildman–Crippen LogP) is 6.09. The van der Waals surface area contributed by atoms with Crippen LogP contribution >= 0.6 is 0 Å². The van der Waals surface area contributed by atoms with E-state index in [-0.39, 0.29) is 46.4 Å². The monoisotopic (exact) mass is 488 g/mol. The SMILES string of the molecule is C=C(C)[C@@H]1CC[C@@H]2[C@]3(CC[C@]4(C)[C@@H]([C@@H](CCC(=O)O)COC(C)=O)CC[C@@]24C)C[C@]13CCC(=O)O. The van der Waals surface area contributed by atoms with Crippen LogP contribution in [0.2, 0.25) is 0 Å². The number of carboxylic acids is 2. The van der Waals surface area contributed by atoms with Crippen LogP contribution in [-0.2, 0) is 19.1 Å². The number of allylic oxidation sites excluding steroid dienone is 1. The second kappa shape index (κ2) is 8.92. The topological polar surface area (TPSA) is 101 Å². The lowest BCUT2D eigenvalue weighted by atomic mass is 9.43. The Morgan fingerprint density at radius 3 is 2.26 bits per heavy atom. The first-order chi connectivity index (χ1) is 16.3. The molecule has 0 radical (unpaired) electrons. The molecule has 0 amide bonds. The van der Waals surface area contributed by atoms with Crippen molar-refractivity contribution in [3.63, 3.8) is 0 Å². The third kappa shape index (κ3) is 3.94. The van der Waals surface area contributed by atoms with Crippen LogP contribution in [-0.4, -0.2) is 34.7 Å². The van der Waals surface area contributed by atoms with Crippen molar-refractivity contribution >= 4 is 17.9 Å². The largest absolute Gasteiger partial charge is 0.481 e. The van der Waals surface area contributed by atoms with Crippen LogP contribution in [0.25, 0.3) is 0 Å². The second-order valence-electron chi connectivity index (χ2n) is 12.9. The van der Waals surface area contributed by atoms with Crippen molar-refractivity contribution in [1.82, 2.24) is 0 Å². The summed E-state index contributed by atoms with van der Waals surface area (Å²) in [4.78, 5) is 34.6. The fourth-order valence-corrected chi connectivity index (χ4v) is 10.0. The zero-order chi connectivity index (χ0) is 25.8. The smallest absolute Gasteiger partial charge is 0.303 e. The standard InChI is InChI=1S/C29H44O6/c1-18(2)21-7-8-23-27(5)12-10-22(20(6-9-24(31)32)16-35-19(3)30)26(27,4)14-15-29(23)17-28(21,29)13-11-25(33)34/h20-23H,1,6-17H2,2-5H3,(H,31,32)(H,33,34)/t20-,21-,22+,23-,26+,27-,28+,29-/m0/s1. The summed E-state index contributed by atoms with van der Waals surface area (Å²) < 4.78 is 5.45. The maximum Gasteiger partial charge on any atom is 0.303 e. The number of fused-ring (bicyclic) bond motifs is 2. The highest BCUT2D eigenvalue weighted by atomic mass is 16.5. The van der Waals surface area contributed by atoms with Crippen LogP contribution in [0.4, 0.5) is 0 Å². The summed E-state index contributed by atoms with van der Waals surface area (Å²) in [5, 5.41) is 18.9. The van der Waals surface area contributed by atoms with Crippen LogP contribution in [0.1, 0.15) is 98.3 Å². The van der Waals surface area contributed by atoms with E-state index < -0.39 is 11.9 Å². The number of carboxylic acid groups (broad SMARTS) is 2. The highest BCUT2D eigenvalue weighted by Crippen LogP contribution is 2.87. The molecule has 4 fully saturated rings. The average Bonchev–Trinajstić information content (AvgIpc) is 3.36. The molecule has 4 rings (SSSR count). The van der Waals surface area contributed by atoms with Crippen molar-refractivity contribution < 1.29 is 29.3 Å². The molecule has 0 aromatic rings. The molecule has 0 heterocycles. The molecule has 6 heteroatoms. The number of aliphatic carboxylic acids is 2. The van der Waals surface area contributed by atoms with Gasteiger partial charge in [-0.25, -0.2) is 0 Å². The van der Waals surface area contributed by atoms with Gasteiger partial charge in [0, 0.05) is 19.8 Å². The molecular weight excluding hydrogens is 444 g/mol. The number of hydrogen-bond acceptors (Lipinski definition) is 4. The molecule has 4 aliphatic rings. The van der Waals surface area contributed by atoms with Gasteiger partial charge in [-0.05, 0) is 110 Å². The summed E-state index contributed by atoms with van der Waals surface area (Å²) in [6.07, 6.45) is 9.33. The number of hydrogen-bond donors (Lipinski definition) is 2. The maximum absolute atomic E-state index is 11.6. The van der Waals surface area contributed by atoms with Crippen LogP contribution in [0.3, 0.4) is 0 Å². The second-order valence-corrected chi connectivity index (χ2v) is 12.9. The van der Waals surface area contributed by atoms with E-state index in [2.05, 4.69) is 27.4 Å². The lowest BCUT2D eigenvalue weighted by molar-refractivity contribution is -0.147. The first-order valence-electron chi connectivity index (χ1n) is 13.6. The molecule has 0 saturated heterocycles. The summed E-state index contributed by atoms with van der Waals surface area (Å²) in [6, 6.07) is 0. The molecular formula is C29H44O6. The van der Waals surface area contributed by atoms with E-state index in [1.165, 1.54) is 12.5 Å². The summed E-state index contributed by atoms with van der Waals surface area (Å²) in [6.45, 7) is 13.1. The molecule has 6 nitrogen and oxygen atoms in total. The van der Waals surface area contributed by atoms with Crippen molar-refractivity contribution in [1.29, 1.82) is 0 Å². The number of carbonyl (C=O) groups excluding carboxylic acids is 1. The van der Waals surface area contributed by atoms with Gasteiger partial charge in [-0.2, -0.15) is 0 Å². The van der Waals surface area contributed by atoms with Gasteiger partial charge in [0.15, 0.2) is 0 Å². The van der Waals surface area contributed by atoms with Gasteiger partial charge in [-0.15, -0.1) is 0 Å². The van der Waals surface area contributed by atoms with Crippen LogP contribution in [0.15, 0.2) is 12.2 Å². The Labute approximate surface area is 209 Å². The highest BCUT2D eigenvalue weighted by molar-refractivity contribution is 5.67. The quantitative estimate of drug-likeness (QED) is 0.285. The third-order valence-electron chi connectivity index (χ3n) is 11.7. The minimum Gasteiger partial charge on any atom is -0.481 e. The van der Waals surface area contributed by atoms with Crippen molar-refractivity contribution in [2.45, 2.75) is 98.3 Å². The zero-order valence-electron chi connectivity index (χ0n) is 22.0. The maximum atomic E-state index is 11.6. The van der Waals surface area contributed by atoms with E-state index in [4.69, 9.17) is 4.74 Å². The molecule has 1 spiro atoms. The van der Waals surface area contributed by atoms with E-state index in [1.54, 1.807) is 0 Å². The van der Waals surface area contributed by atoms with E-state index in [1.807, 2.05) is 0 Å². The lowest BCUT2D eigenvalue weighted by Crippen LogP contribution is -2.54. The molecule has 0 aliphatic heterocycles. The molecule has 0 aromatic heterocycles. The van der Waals surface area contributed by atoms with Gasteiger partial charge in [0.2, 0.25) is 0 Å². The molecule has 196 valence electrons. The highest BCUT2D eigenvalue weighted by Gasteiger charge is 2.80. The van der Waals surface area contributed by atoms with E-state index >= 15 is 0 Å². The van der Waals surface area contributed by atoms with Gasteiger partial charge in [0.05, 0.1) is 6.61 Å². The minimum absolute atomic E-state index is 0.0543. The fourth-order valence-electron chi connectivity index (χ4n) is 10.0. The summed E-state index contributed by atoms with van der Waals surface area (Å²) in [5.74, 6) is -0.465. The van der Waals surface area contributed by atoms with Gasteiger partial charge in [0.25, 0.3) is 0 Å². The zero-order valence-corrected chi connectivity index (χ0v) is 22.0. The van der Waals surface area contributed by atoms with Crippen molar-refractivity contribution in [2.75, 3.05) is 6.61 Å². The predicted molar refractivity (Wildman–Crippen MR) is 133 cm³/mol. The Morgan fingerprint density at radius 2 is 1.66 bits per heavy atom. The van der Waals surface area contributed by atoms with Gasteiger partial charge in [0.1, 0.15) is 0 Å². The molecule has 0 bridgehead atoms. The summed E-state index contributed by atoms with van der Waals surface area (Å²) in [5.41, 5.74) is 1.67. The van der Waals surface area contributed by atoms with Crippen LogP contribution in [0.5, 0.6) is 0 Å². The van der Waals surface area contributed by atoms with Gasteiger partial charge in [-0.1, -0.05) is 26.0 Å². The Morgan fingerprint density at radius 1 is 0.971 bits per heavy atom. The molecule has 0 unspecified atom stereocenters. The van der Waals surface area contributed by atoms with Crippen molar-refractivity contribution in [3.8, 4) is 0 Å². The Hall–Kier alpha value is -1.85. The Kier molecular flexibility index (Phi) is 6.68. The normalized spacial score (nSPS) is 42.2. The van der Waals surface area contributed by atoms with Crippen molar-refractivity contribution in [2.24, 2.45) is 45.3 Å². The summed E-state index contributed by atoms with van der Waals surface area (Å²) >= 11 is 0. The minimum atomic E-state index is -0.800. The molecule has 8 atom stereocenters. The number of ether oxygens (including phenoxy) is 1. The molecule has 0 aromatic carbocycles. The Bertz CT molecular complexity index is 893. The van der Waals surface area contributed by atoms with Gasteiger partial charge >= 0.3 is 17.9 Å². The molecule has 4 aliphatic carbocycles. The summed E-state index contributed by atoms with van der Waals surface area (Å²) in [7, 11) is 0. The van der Waals surface area contributed by atoms with E-state index in [0.717, 1.165) is 51.4 Å². The van der Waals surface area contributed by atoms with Gasteiger partial charge in [-0.3, -0.25) is 14.4 Å². The third-order valence-corrected chi connectivity index (χ3v) is 11.7. The van der Waals surface area contributed by atoms with Gasteiger partial charge < -0.3 is 14.9 Å². The van der Waals surface area contributed by atoms with E-state index in [0.29, 0.717) is 30.8 Å². The van der Waals surface area contributed by atoms with E-state index in [9.17, 15) is 24.6 Å². The number of rotatable bonds is 10. The van der Waals surface area contributed by atoms with Crippen LogP contribution < -0.4 is 0 Å².